The van der Waals surface area contributed by atoms with E-state index >= 15 is 0 Å². The first kappa shape index (κ1) is 24.0. The fourth-order valence-corrected chi connectivity index (χ4v) is 4.74. The van der Waals surface area contributed by atoms with Crippen molar-refractivity contribution >= 4 is 11.1 Å². The Morgan fingerprint density at radius 2 is 1.62 bits per heavy atom. The van der Waals surface area contributed by atoms with Crippen LogP contribution in [0.1, 0.15) is 43.4 Å². The van der Waals surface area contributed by atoms with Crippen LogP contribution in [0.2, 0.25) is 0 Å². The molecule has 0 aliphatic carbocycles. The molecule has 0 amide bonds. The van der Waals surface area contributed by atoms with Gasteiger partial charge in [0, 0.05) is 18.5 Å². The molecule has 4 rings (SSSR count). The smallest absolute Gasteiger partial charge is 0.119 e. The van der Waals surface area contributed by atoms with Crippen molar-refractivity contribution in [3.63, 3.8) is 0 Å². The van der Waals surface area contributed by atoms with E-state index in [9.17, 15) is 9.50 Å². The molecule has 1 N–H and O–H groups in total. The average Bonchev–Trinajstić information content (AvgIpc) is 3.37. The lowest BCUT2D eigenvalue weighted by Gasteiger charge is -2.24. The molecule has 3 aromatic rings. The number of nitrogens with zero attached hydrogens (tertiary/aromatic N) is 1. The first-order chi connectivity index (χ1) is 16.6. The first-order valence-corrected chi connectivity index (χ1v) is 12.2. The number of aromatic hydroxyl groups is 1. The van der Waals surface area contributed by atoms with Crippen LogP contribution in [0.3, 0.4) is 0 Å². The van der Waals surface area contributed by atoms with Crippen LogP contribution in [-0.4, -0.2) is 42.4 Å². The van der Waals surface area contributed by atoms with E-state index in [2.05, 4.69) is 55.1 Å². The highest BCUT2D eigenvalue weighted by molar-refractivity contribution is 5.98. The van der Waals surface area contributed by atoms with Crippen molar-refractivity contribution in [3.05, 3.63) is 95.6 Å². The van der Waals surface area contributed by atoms with Crippen LogP contribution in [0.4, 0.5) is 4.39 Å². The largest absolute Gasteiger partial charge is 0.508 e. The summed E-state index contributed by atoms with van der Waals surface area (Å²) in [4.78, 5) is 2.32. The van der Waals surface area contributed by atoms with Gasteiger partial charge in [0.25, 0.3) is 0 Å². The molecular formula is C30H34FNO2. The highest BCUT2D eigenvalue weighted by atomic mass is 19.1. The molecule has 0 saturated carbocycles. The molecule has 1 aliphatic heterocycles. The minimum Gasteiger partial charge on any atom is -0.508 e. The number of hydrogen-bond donors (Lipinski definition) is 1. The van der Waals surface area contributed by atoms with Crippen LogP contribution >= 0.6 is 0 Å². The van der Waals surface area contributed by atoms with E-state index in [1.54, 1.807) is 12.1 Å². The topological polar surface area (TPSA) is 32.7 Å². The quantitative estimate of drug-likeness (QED) is 0.356. The van der Waals surface area contributed by atoms with E-state index < -0.39 is 0 Å². The van der Waals surface area contributed by atoms with Gasteiger partial charge in [-0.2, -0.15) is 0 Å². The third-order valence-electron chi connectivity index (χ3n) is 6.73. The third kappa shape index (κ3) is 5.68. The molecule has 1 heterocycles. The second-order valence-electron chi connectivity index (χ2n) is 9.11. The zero-order valence-electron chi connectivity index (χ0n) is 20.1. The van der Waals surface area contributed by atoms with Crippen LogP contribution in [0.25, 0.3) is 11.1 Å². The van der Waals surface area contributed by atoms with Gasteiger partial charge in [0.05, 0.1) is 6.67 Å². The summed E-state index contributed by atoms with van der Waals surface area (Å²) in [6, 6.07) is 26.4. The molecule has 0 bridgehead atoms. The van der Waals surface area contributed by atoms with E-state index in [0.29, 0.717) is 6.61 Å². The molecule has 1 saturated heterocycles. The van der Waals surface area contributed by atoms with E-state index in [1.165, 1.54) is 11.1 Å². The van der Waals surface area contributed by atoms with Gasteiger partial charge in [0.15, 0.2) is 0 Å². The lowest BCUT2D eigenvalue weighted by atomic mass is 9.88. The molecule has 0 unspecified atom stereocenters. The SMILES string of the molecule is CC/C(=C(\c1ccc(O)cc1)c1ccc(OC[C@H](C)N2CC[C@@H](CF)C2)cc1)c1ccccc1. The second-order valence-corrected chi connectivity index (χ2v) is 9.11. The van der Waals surface area contributed by atoms with Crippen LogP contribution in [0.15, 0.2) is 78.9 Å². The van der Waals surface area contributed by atoms with Crippen molar-refractivity contribution in [1.29, 1.82) is 0 Å². The number of likely N-dealkylation sites (tertiary alicyclic amines) is 1. The van der Waals surface area contributed by atoms with Crippen LogP contribution < -0.4 is 4.74 Å². The van der Waals surface area contributed by atoms with Gasteiger partial charge in [0.2, 0.25) is 0 Å². The fraction of sp³-hybridized carbons (Fsp3) is 0.333. The normalized spacial score (nSPS) is 17.9. The zero-order chi connectivity index (χ0) is 23.9. The Hall–Kier alpha value is -3.11. The lowest BCUT2D eigenvalue weighted by molar-refractivity contribution is 0.166. The van der Waals surface area contributed by atoms with Crippen LogP contribution in [0.5, 0.6) is 11.5 Å². The van der Waals surface area contributed by atoms with Gasteiger partial charge >= 0.3 is 0 Å². The Morgan fingerprint density at radius 3 is 2.21 bits per heavy atom. The Bertz CT molecular complexity index is 1080. The van der Waals surface area contributed by atoms with Crippen molar-refractivity contribution in [2.75, 3.05) is 26.4 Å². The average molecular weight is 460 g/mol. The van der Waals surface area contributed by atoms with Crippen LogP contribution in [0, 0.1) is 5.92 Å². The Labute approximate surface area is 202 Å². The lowest BCUT2D eigenvalue weighted by Crippen LogP contribution is -2.35. The van der Waals surface area contributed by atoms with Gasteiger partial charge in [-0.05, 0) is 78.4 Å². The minimum absolute atomic E-state index is 0.171. The van der Waals surface area contributed by atoms with Crippen molar-refractivity contribution in [3.8, 4) is 11.5 Å². The van der Waals surface area contributed by atoms with Gasteiger partial charge in [-0.15, -0.1) is 0 Å². The standard InChI is InChI=1S/C30H34FNO2/c1-3-29(24-7-5-4-6-8-24)30(25-9-13-27(33)14-10-25)26-11-15-28(16-12-26)34-21-22(2)32-18-17-23(19-31)20-32/h4-16,22-23,33H,3,17-21H2,1-2H3/b30-29-/t22-,23-/m0/s1. The van der Waals surface area contributed by atoms with Gasteiger partial charge < -0.3 is 9.84 Å². The van der Waals surface area contributed by atoms with E-state index in [1.807, 2.05) is 30.3 Å². The summed E-state index contributed by atoms with van der Waals surface area (Å²) in [5.74, 6) is 1.26. The maximum Gasteiger partial charge on any atom is 0.119 e. The monoisotopic (exact) mass is 459 g/mol. The zero-order valence-corrected chi connectivity index (χ0v) is 20.1. The third-order valence-corrected chi connectivity index (χ3v) is 6.73. The first-order valence-electron chi connectivity index (χ1n) is 12.2. The summed E-state index contributed by atoms with van der Waals surface area (Å²) in [6.07, 6.45) is 1.81. The number of allylic oxidation sites excluding steroid dienone is 1. The number of ether oxygens (including phenoxy) is 1. The van der Waals surface area contributed by atoms with Gasteiger partial charge in [0.1, 0.15) is 18.1 Å². The van der Waals surface area contributed by atoms with Crippen molar-refractivity contribution in [2.24, 2.45) is 5.92 Å². The molecule has 3 aromatic carbocycles. The maximum absolute atomic E-state index is 12.9. The van der Waals surface area contributed by atoms with Gasteiger partial charge in [-0.1, -0.05) is 61.5 Å². The molecular weight excluding hydrogens is 425 g/mol. The number of alkyl halides is 1. The fourth-order valence-electron chi connectivity index (χ4n) is 4.74. The summed E-state index contributed by atoms with van der Waals surface area (Å²) in [7, 11) is 0. The Kier molecular flexibility index (Phi) is 8.02. The van der Waals surface area contributed by atoms with Crippen molar-refractivity contribution in [1.82, 2.24) is 4.90 Å². The molecule has 0 aromatic heterocycles. The maximum atomic E-state index is 12.9. The molecule has 1 aliphatic rings. The second kappa shape index (κ2) is 11.3. The molecule has 178 valence electrons. The molecule has 0 spiro atoms. The number of benzene rings is 3. The molecule has 1 fully saturated rings. The summed E-state index contributed by atoms with van der Waals surface area (Å²) >= 11 is 0. The molecule has 34 heavy (non-hydrogen) atoms. The van der Waals surface area contributed by atoms with E-state index in [4.69, 9.17) is 4.74 Å². The molecule has 0 radical (unpaired) electrons. The number of halogens is 1. The Morgan fingerprint density at radius 1 is 0.971 bits per heavy atom. The van der Waals surface area contributed by atoms with Crippen molar-refractivity contribution < 1.29 is 14.2 Å². The number of phenols is 1. The molecule has 2 atom stereocenters. The van der Waals surface area contributed by atoms with Gasteiger partial charge in [-0.3, -0.25) is 9.29 Å². The summed E-state index contributed by atoms with van der Waals surface area (Å²) < 4.78 is 19.0. The predicted octanol–water partition coefficient (Wildman–Crippen LogP) is 6.82. The summed E-state index contributed by atoms with van der Waals surface area (Å²) in [5, 5.41) is 9.81. The van der Waals surface area contributed by atoms with E-state index in [-0.39, 0.29) is 24.4 Å². The number of rotatable bonds is 9. The Balaban J connectivity index is 1.57. The molecule has 3 nitrogen and oxygen atoms in total. The highest BCUT2D eigenvalue weighted by Crippen LogP contribution is 2.35. The summed E-state index contributed by atoms with van der Waals surface area (Å²) in [6.45, 7) is 6.44. The molecule has 4 heteroatoms. The number of phenolic OH excluding ortho intramolecular Hbond substituents is 1. The highest BCUT2D eigenvalue weighted by Gasteiger charge is 2.26. The van der Waals surface area contributed by atoms with Crippen molar-refractivity contribution in [2.45, 2.75) is 32.7 Å². The van der Waals surface area contributed by atoms with Crippen LogP contribution in [-0.2, 0) is 0 Å². The minimum atomic E-state index is -0.231. The predicted molar refractivity (Wildman–Crippen MR) is 138 cm³/mol. The van der Waals surface area contributed by atoms with E-state index in [0.717, 1.165) is 48.4 Å². The summed E-state index contributed by atoms with van der Waals surface area (Å²) in [5.41, 5.74) is 5.78. The number of hydrogen-bond acceptors (Lipinski definition) is 3. The van der Waals surface area contributed by atoms with Gasteiger partial charge in [-0.25, -0.2) is 0 Å².